The van der Waals surface area contributed by atoms with Gasteiger partial charge in [-0.3, -0.25) is 15.1 Å². The summed E-state index contributed by atoms with van der Waals surface area (Å²) in [5.41, 5.74) is 1.35. The van der Waals surface area contributed by atoms with E-state index in [4.69, 9.17) is 14.8 Å². The number of amidine groups is 1. The number of nitrogens with zero attached hydrogens (tertiary/aromatic N) is 3. The molecule has 0 radical (unpaired) electrons. The maximum atomic E-state index is 13.0. The zero-order valence-corrected chi connectivity index (χ0v) is 16.3. The molecule has 1 amide bonds. The van der Waals surface area contributed by atoms with Gasteiger partial charge >= 0.3 is 0 Å². The number of fused-ring (bicyclic) bond motifs is 2. The van der Waals surface area contributed by atoms with Crippen molar-refractivity contribution in [2.75, 3.05) is 12.4 Å². The van der Waals surface area contributed by atoms with Crippen LogP contribution in [0.25, 0.3) is 5.70 Å². The molecule has 0 fully saturated rings. The van der Waals surface area contributed by atoms with E-state index in [1.807, 2.05) is 55.5 Å². The van der Waals surface area contributed by atoms with Crippen molar-refractivity contribution >= 4 is 28.5 Å². The maximum absolute atomic E-state index is 13.0. The molecule has 6 nitrogen and oxygen atoms in total. The number of carbonyl (C=O) groups excluding carboxylic acids is 1. The Morgan fingerprint density at radius 2 is 2.04 bits per heavy atom. The minimum absolute atomic E-state index is 0.192. The van der Waals surface area contributed by atoms with Crippen molar-refractivity contribution in [3.8, 4) is 5.75 Å². The molecule has 2 aliphatic rings. The molecule has 0 unspecified atom stereocenters. The minimum Gasteiger partial charge on any atom is -0.493 e. The minimum atomic E-state index is -0.488. The van der Waals surface area contributed by atoms with E-state index in [1.54, 1.807) is 11.1 Å². The Hall–Kier alpha value is -3.06. The molecular weight excluding hydrogens is 372 g/mol. The molecule has 2 aliphatic heterocycles. The van der Waals surface area contributed by atoms with Gasteiger partial charge in [0.2, 0.25) is 0 Å². The van der Waals surface area contributed by atoms with Gasteiger partial charge in [-0.15, -0.1) is 11.7 Å². The van der Waals surface area contributed by atoms with E-state index in [0.29, 0.717) is 23.2 Å². The standard InChI is InChI=1S/C21H20N4O2S/c1-3-13-28-21-23-20(26)18-14-9-5-7-11-16(14)22-19(25(18)24-21)15-10-6-8-12-17(15)27-4-2/h3,5-12,19H,1,4,13H2,2H3,(H,23,24,26)/t19-/m0/s1. The van der Waals surface area contributed by atoms with E-state index in [-0.39, 0.29) is 5.91 Å². The van der Waals surface area contributed by atoms with E-state index in [9.17, 15) is 4.79 Å². The molecule has 142 valence electrons. The number of rotatable bonds is 5. The second kappa shape index (κ2) is 7.90. The van der Waals surface area contributed by atoms with Gasteiger partial charge in [-0.05, 0) is 19.1 Å². The van der Waals surface area contributed by atoms with Gasteiger partial charge in [0.05, 0.1) is 12.0 Å². The molecule has 0 aliphatic carbocycles. The quantitative estimate of drug-likeness (QED) is 0.792. The highest BCUT2D eigenvalue weighted by Crippen LogP contribution is 2.35. The summed E-state index contributed by atoms with van der Waals surface area (Å²) in [6, 6.07) is 15.4. The summed E-state index contributed by atoms with van der Waals surface area (Å²) in [7, 11) is 0. The molecule has 0 saturated heterocycles. The highest BCUT2D eigenvalue weighted by Gasteiger charge is 2.35. The Labute approximate surface area is 167 Å². The van der Waals surface area contributed by atoms with E-state index < -0.39 is 6.17 Å². The number of nitrogens with one attached hydrogen (secondary N) is 1. The normalized spacial score (nSPS) is 17.7. The van der Waals surface area contributed by atoms with Gasteiger partial charge in [0.25, 0.3) is 5.91 Å². The lowest BCUT2D eigenvalue weighted by Crippen LogP contribution is -2.50. The van der Waals surface area contributed by atoms with Crippen LogP contribution in [0.4, 0.5) is 0 Å². The SMILES string of the molecule is C=CCSC1=NN2C(=c3ccccc3=N[C@@H]2c2ccccc2OCC)C(=O)N1. The molecule has 2 aromatic rings. The Kier molecular flexibility index (Phi) is 5.16. The van der Waals surface area contributed by atoms with Crippen molar-refractivity contribution in [3.05, 3.63) is 77.3 Å². The number of para-hydroxylation sites is 2. The monoisotopic (exact) mass is 392 g/mol. The van der Waals surface area contributed by atoms with Gasteiger partial charge in [0.1, 0.15) is 11.4 Å². The molecule has 0 bridgehead atoms. The topological polar surface area (TPSA) is 66.3 Å². The summed E-state index contributed by atoms with van der Waals surface area (Å²) in [5.74, 6) is 1.19. The third-order valence-electron chi connectivity index (χ3n) is 4.35. The lowest BCUT2D eigenvalue weighted by atomic mass is 10.1. The van der Waals surface area contributed by atoms with Gasteiger partial charge in [-0.25, -0.2) is 5.01 Å². The molecule has 0 aromatic heterocycles. The number of hydrogen-bond acceptors (Lipinski definition) is 6. The number of hydrogen-bond donors (Lipinski definition) is 1. The molecular formula is C21H20N4O2S. The fraction of sp³-hybridized carbons (Fsp3) is 0.190. The van der Waals surface area contributed by atoms with E-state index in [0.717, 1.165) is 21.9 Å². The molecule has 1 atom stereocenters. The van der Waals surface area contributed by atoms with Gasteiger partial charge in [-0.1, -0.05) is 54.2 Å². The van der Waals surface area contributed by atoms with Crippen molar-refractivity contribution in [3.63, 3.8) is 0 Å². The molecule has 1 N–H and O–H groups in total. The highest BCUT2D eigenvalue weighted by molar-refractivity contribution is 8.14. The van der Waals surface area contributed by atoms with Crippen LogP contribution < -0.4 is 20.6 Å². The lowest BCUT2D eigenvalue weighted by Gasteiger charge is -2.34. The van der Waals surface area contributed by atoms with Crippen LogP contribution in [-0.4, -0.2) is 28.4 Å². The first-order valence-electron chi connectivity index (χ1n) is 9.04. The molecule has 0 saturated carbocycles. The molecule has 4 rings (SSSR count). The summed E-state index contributed by atoms with van der Waals surface area (Å²) >= 11 is 1.42. The molecule has 28 heavy (non-hydrogen) atoms. The third-order valence-corrected chi connectivity index (χ3v) is 5.21. The number of ether oxygens (including phenoxy) is 1. The van der Waals surface area contributed by atoms with Gasteiger partial charge in [0.15, 0.2) is 11.3 Å². The fourth-order valence-electron chi connectivity index (χ4n) is 3.21. The molecule has 2 aromatic carbocycles. The number of carbonyl (C=O) groups is 1. The van der Waals surface area contributed by atoms with Gasteiger partial charge < -0.3 is 4.74 Å². The summed E-state index contributed by atoms with van der Waals surface area (Å²) in [6.45, 7) is 6.21. The lowest BCUT2D eigenvalue weighted by molar-refractivity contribution is -0.116. The molecule has 2 heterocycles. The van der Waals surface area contributed by atoms with E-state index >= 15 is 0 Å². The molecule has 0 spiro atoms. The van der Waals surface area contributed by atoms with Crippen LogP contribution in [0, 0.1) is 0 Å². The Morgan fingerprint density at radius 1 is 1.25 bits per heavy atom. The number of amides is 1. The smallest absolute Gasteiger partial charge is 0.276 e. The van der Waals surface area contributed by atoms with Gasteiger partial charge in [0, 0.05) is 16.5 Å². The predicted octanol–water partition coefficient (Wildman–Crippen LogP) is 2.15. The van der Waals surface area contributed by atoms with Crippen molar-refractivity contribution in [1.29, 1.82) is 0 Å². The number of hydrazone groups is 1. The Bertz CT molecular complexity index is 1080. The van der Waals surface area contributed by atoms with Crippen molar-refractivity contribution in [1.82, 2.24) is 10.3 Å². The predicted molar refractivity (Wildman–Crippen MR) is 111 cm³/mol. The van der Waals surface area contributed by atoms with Crippen LogP contribution in [0.5, 0.6) is 5.75 Å². The summed E-state index contributed by atoms with van der Waals surface area (Å²) in [6.07, 6.45) is 1.29. The third kappa shape index (κ3) is 3.29. The largest absolute Gasteiger partial charge is 0.493 e. The molecule has 7 heteroatoms. The van der Waals surface area contributed by atoms with Crippen LogP contribution >= 0.6 is 11.8 Å². The van der Waals surface area contributed by atoms with E-state index in [1.165, 1.54) is 11.8 Å². The van der Waals surface area contributed by atoms with Crippen LogP contribution in [0.3, 0.4) is 0 Å². The van der Waals surface area contributed by atoms with Gasteiger partial charge in [-0.2, -0.15) is 0 Å². The number of benzene rings is 2. The fourth-order valence-corrected chi connectivity index (χ4v) is 3.80. The summed E-state index contributed by atoms with van der Waals surface area (Å²) in [4.78, 5) is 17.9. The average Bonchev–Trinajstić information content (AvgIpc) is 2.72. The zero-order valence-electron chi connectivity index (χ0n) is 15.5. The van der Waals surface area contributed by atoms with Crippen molar-refractivity contribution in [2.24, 2.45) is 10.1 Å². The average molecular weight is 392 g/mol. The second-order valence-corrected chi connectivity index (χ2v) is 7.15. The van der Waals surface area contributed by atoms with Crippen LogP contribution in [-0.2, 0) is 4.79 Å². The van der Waals surface area contributed by atoms with Crippen LogP contribution in [0.15, 0.2) is 71.3 Å². The van der Waals surface area contributed by atoms with Crippen molar-refractivity contribution in [2.45, 2.75) is 13.1 Å². The Balaban J connectivity index is 1.91. The summed E-state index contributed by atoms with van der Waals surface area (Å²) in [5, 5.41) is 11.3. The van der Waals surface area contributed by atoms with Crippen LogP contribution in [0.1, 0.15) is 18.7 Å². The second-order valence-electron chi connectivity index (χ2n) is 6.14. The maximum Gasteiger partial charge on any atom is 0.276 e. The summed E-state index contributed by atoms with van der Waals surface area (Å²) < 4.78 is 5.81. The highest BCUT2D eigenvalue weighted by atomic mass is 32.2. The Morgan fingerprint density at radius 3 is 2.86 bits per heavy atom. The first-order valence-corrected chi connectivity index (χ1v) is 10.0. The number of thioether (sulfide) groups is 1. The van der Waals surface area contributed by atoms with E-state index in [2.05, 4.69) is 11.9 Å². The zero-order chi connectivity index (χ0) is 19.5. The van der Waals surface area contributed by atoms with Crippen LogP contribution in [0.2, 0.25) is 0 Å². The first-order chi connectivity index (χ1) is 13.7. The van der Waals surface area contributed by atoms with Crippen molar-refractivity contribution < 1.29 is 9.53 Å². The first kappa shape index (κ1) is 18.3.